The van der Waals surface area contributed by atoms with Gasteiger partial charge in [-0.2, -0.15) is 0 Å². The summed E-state index contributed by atoms with van der Waals surface area (Å²) in [6.07, 6.45) is 2.38. The van der Waals surface area contributed by atoms with Crippen LogP contribution in [0.4, 0.5) is 5.69 Å². The van der Waals surface area contributed by atoms with E-state index in [2.05, 4.69) is 46.1 Å². The number of anilines is 1. The summed E-state index contributed by atoms with van der Waals surface area (Å²) in [7, 11) is 1.75. The Bertz CT molecular complexity index is 930. The predicted molar refractivity (Wildman–Crippen MR) is 143 cm³/mol. The van der Waals surface area contributed by atoms with Crippen LogP contribution in [0, 0.1) is 6.92 Å². The topological polar surface area (TPSA) is 84.0 Å². The van der Waals surface area contributed by atoms with Gasteiger partial charge in [-0.25, -0.2) is 0 Å². The van der Waals surface area contributed by atoms with E-state index in [1.165, 1.54) is 0 Å². The third kappa shape index (κ3) is 8.85. The van der Waals surface area contributed by atoms with Gasteiger partial charge < -0.3 is 25.4 Å². The minimum absolute atomic E-state index is 0. The van der Waals surface area contributed by atoms with Gasteiger partial charge in [-0.05, 0) is 42.7 Å². The molecular formula is C25H35IN4O3. The number of carbonyl (C=O) groups is 1. The zero-order valence-corrected chi connectivity index (χ0v) is 22.0. The van der Waals surface area contributed by atoms with E-state index < -0.39 is 0 Å². The van der Waals surface area contributed by atoms with Crippen LogP contribution in [-0.4, -0.2) is 38.2 Å². The second-order valence-electron chi connectivity index (χ2n) is 7.99. The molecule has 1 atom stereocenters. The zero-order chi connectivity index (χ0) is 22.8. The van der Waals surface area contributed by atoms with Crippen LogP contribution in [0.5, 0.6) is 5.75 Å². The molecule has 3 N–H and O–H groups in total. The molecule has 1 aliphatic heterocycles. The predicted octanol–water partition coefficient (Wildman–Crippen LogP) is 4.38. The van der Waals surface area contributed by atoms with Crippen molar-refractivity contribution in [2.24, 2.45) is 4.99 Å². The molecule has 0 spiro atoms. The monoisotopic (exact) mass is 566 g/mol. The maximum Gasteiger partial charge on any atom is 0.224 e. The second-order valence-corrected chi connectivity index (χ2v) is 7.99. The van der Waals surface area contributed by atoms with Gasteiger partial charge in [0.25, 0.3) is 0 Å². The number of nitrogens with one attached hydrogen (secondary N) is 3. The number of nitrogens with zero attached hydrogens (tertiary/aromatic N) is 1. The van der Waals surface area contributed by atoms with Crippen LogP contribution in [0.25, 0.3) is 0 Å². The normalized spacial score (nSPS) is 15.5. The van der Waals surface area contributed by atoms with Crippen molar-refractivity contribution in [2.45, 2.75) is 52.3 Å². The van der Waals surface area contributed by atoms with Crippen LogP contribution in [0.15, 0.2) is 47.5 Å². The molecular weight excluding hydrogens is 531 g/mol. The van der Waals surface area contributed by atoms with Crippen LogP contribution < -0.4 is 20.7 Å². The van der Waals surface area contributed by atoms with Gasteiger partial charge in [-0.3, -0.25) is 9.79 Å². The summed E-state index contributed by atoms with van der Waals surface area (Å²) in [5, 5.41) is 9.63. The van der Waals surface area contributed by atoms with Crippen LogP contribution in [0.1, 0.15) is 42.9 Å². The molecule has 33 heavy (non-hydrogen) atoms. The first-order valence-electron chi connectivity index (χ1n) is 11.2. The molecule has 0 radical (unpaired) electrons. The first-order valence-corrected chi connectivity index (χ1v) is 11.2. The second kappa shape index (κ2) is 14.0. The average Bonchev–Trinajstić information content (AvgIpc) is 3.28. The van der Waals surface area contributed by atoms with Crippen molar-refractivity contribution < 1.29 is 14.3 Å². The largest absolute Gasteiger partial charge is 0.488 e. The molecule has 3 rings (SSSR count). The van der Waals surface area contributed by atoms with E-state index in [1.807, 2.05) is 31.2 Å². The summed E-state index contributed by atoms with van der Waals surface area (Å²) in [6.45, 7) is 6.64. The van der Waals surface area contributed by atoms with Gasteiger partial charge >= 0.3 is 0 Å². The Morgan fingerprint density at radius 2 is 2.00 bits per heavy atom. The third-order valence-corrected chi connectivity index (χ3v) is 5.22. The Balaban J connectivity index is 0.00000385. The van der Waals surface area contributed by atoms with E-state index in [1.54, 1.807) is 7.05 Å². The number of carbonyl (C=O) groups excluding carboxylic acids is 1. The number of benzene rings is 2. The van der Waals surface area contributed by atoms with Gasteiger partial charge in [-0.15, -0.1) is 24.0 Å². The van der Waals surface area contributed by atoms with E-state index in [4.69, 9.17) is 9.47 Å². The SMILES string of the molecule is CCCC(=O)Nc1cccc(CNC(=NC)NCc2ccc(C)cc2OC2CCOC2)c1.I. The third-order valence-electron chi connectivity index (χ3n) is 5.22. The number of rotatable bonds is 9. The molecule has 1 aliphatic rings. The van der Waals surface area contributed by atoms with Gasteiger partial charge in [0.05, 0.1) is 13.2 Å². The molecule has 180 valence electrons. The quantitative estimate of drug-likeness (QED) is 0.239. The average molecular weight is 566 g/mol. The highest BCUT2D eigenvalue weighted by atomic mass is 127. The van der Waals surface area contributed by atoms with Gasteiger partial charge in [-0.1, -0.05) is 31.2 Å². The lowest BCUT2D eigenvalue weighted by Gasteiger charge is -2.18. The van der Waals surface area contributed by atoms with Crippen molar-refractivity contribution in [2.75, 3.05) is 25.6 Å². The summed E-state index contributed by atoms with van der Waals surface area (Å²) in [5.74, 6) is 1.62. The fourth-order valence-corrected chi connectivity index (χ4v) is 3.50. The van der Waals surface area contributed by atoms with Crippen molar-refractivity contribution in [3.05, 3.63) is 59.2 Å². The van der Waals surface area contributed by atoms with Crippen LogP contribution >= 0.6 is 24.0 Å². The molecule has 0 aliphatic carbocycles. The fourth-order valence-electron chi connectivity index (χ4n) is 3.50. The van der Waals surface area contributed by atoms with Crippen LogP contribution in [0.3, 0.4) is 0 Å². The highest BCUT2D eigenvalue weighted by Crippen LogP contribution is 2.23. The lowest BCUT2D eigenvalue weighted by molar-refractivity contribution is -0.116. The number of ether oxygens (including phenoxy) is 2. The number of hydrogen-bond acceptors (Lipinski definition) is 4. The molecule has 1 fully saturated rings. The summed E-state index contributed by atoms with van der Waals surface area (Å²) in [4.78, 5) is 16.2. The molecule has 8 heteroatoms. The first kappa shape index (κ1) is 26.9. The molecule has 0 aromatic heterocycles. The van der Waals surface area contributed by atoms with Crippen molar-refractivity contribution in [1.82, 2.24) is 10.6 Å². The van der Waals surface area contributed by atoms with Gasteiger partial charge in [0.2, 0.25) is 5.91 Å². The highest BCUT2D eigenvalue weighted by molar-refractivity contribution is 14.0. The number of hydrogen-bond donors (Lipinski definition) is 3. The lowest BCUT2D eigenvalue weighted by atomic mass is 10.1. The maximum absolute atomic E-state index is 11.8. The highest BCUT2D eigenvalue weighted by Gasteiger charge is 2.18. The maximum atomic E-state index is 11.8. The summed E-state index contributed by atoms with van der Waals surface area (Å²) >= 11 is 0. The standard InChI is InChI=1S/C25H34N4O3.HI/c1-4-6-24(30)29-21-8-5-7-19(14-21)15-27-25(26-3)28-16-20-10-9-18(2)13-23(20)32-22-11-12-31-17-22;/h5,7-10,13-14,22H,4,6,11-12,15-17H2,1-3H3,(H,29,30)(H2,26,27,28);1H. The van der Waals surface area contributed by atoms with Gasteiger partial charge in [0, 0.05) is 44.2 Å². The molecule has 0 saturated carbocycles. The van der Waals surface area contributed by atoms with E-state index in [0.717, 1.165) is 47.6 Å². The Hall–Kier alpha value is -2.33. The first-order chi connectivity index (χ1) is 15.6. The van der Waals surface area contributed by atoms with E-state index in [-0.39, 0.29) is 36.0 Å². The zero-order valence-electron chi connectivity index (χ0n) is 19.6. The lowest BCUT2D eigenvalue weighted by Crippen LogP contribution is -2.36. The number of aliphatic imine (C=N–C) groups is 1. The van der Waals surface area contributed by atoms with Gasteiger partial charge in [0.1, 0.15) is 11.9 Å². The van der Waals surface area contributed by atoms with E-state index >= 15 is 0 Å². The summed E-state index contributed by atoms with van der Waals surface area (Å²) < 4.78 is 11.6. The minimum atomic E-state index is 0. The van der Waals surface area contributed by atoms with Crippen molar-refractivity contribution in [3.8, 4) is 5.75 Å². The number of halogens is 1. The molecule has 1 saturated heterocycles. The molecule has 1 heterocycles. The summed E-state index contributed by atoms with van der Waals surface area (Å²) in [6, 6.07) is 14.1. The van der Waals surface area contributed by atoms with E-state index in [0.29, 0.717) is 32.1 Å². The van der Waals surface area contributed by atoms with Crippen molar-refractivity contribution in [1.29, 1.82) is 0 Å². The molecule has 2 aromatic carbocycles. The molecule has 0 bridgehead atoms. The summed E-state index contributed by atoms with van der Waals surface area (Å²) in [5.41, 5.74) is 4.10. The molecule has 7 nitrogen and oxygen atoms in total. The Kier molecular flexibility index (Phi) is 11.5. The number of aryl methyl sites for hydroxylation is 1. The Morgan fingerprint density at radius 3 is 2.73 bits per heavy atom. The van der Waals surface area contributed by atoms with Gasteiger partial charge in [0.15, 0.2) is 5.96 Å². The Labute approximate surface area is 213 Å². The number of amides is 1. The van der Waals surface area contributed by atoms with Crippen LogP contribution in [0.2, 0.25) is 0 Å². The van der Waals surface area contributed by atoms with Crippen molar-refractivity contribution in [3.63, 3.8) is 0 Å². The smallest absolute Gasteiger partial charge is 0.224 e. The molecule has 1 unspecified atom stereocenters. The minimum Gasteiger partial charge on any atom is -0.488 e. The Morgan fingerprint density at radius 1 is 1.18 bits per heavy atom. The molecule has 2 aromatic rings. The number of guanidine groups is 1. The van der Waals surface area contributed by atoms with Crippen LogP contribution in [-0.2, 0) is 22.6 Å². The van der Waals surface area contributed by atoms with E-state index in [9.17, 15) is 4.79 Å². The molecule has 1 amide bonds. The van der Waals surface area contributed by atoms with Crippen molar-refractivity contribution >= 4 is 41.5 Å². The fraction of sp³-hybridized carbons (Fsp3) is 0.440.